The second-order valence-corrected chi connectivity index (χ2v) is 9.74. The van der Waals surface area contributed by atoms with Gasteiger partial charge in [-0.25, -0.2) is 4.79 Å². The van der Waals surface area contributed by atoms with Gasteiger partial charge in [0.2, 0.25) is 0 Å². The van der Waals surface area contributed by atoms with E-state index in [1.807, 2.05) is 66.9 Å². The molecule has 2 N–H and O–H groups in total. The van der Waals surface area contributed by atoms with E-state index in [1.165, 1.54) is 18.1 Å². The largest absolute Gasteiger partial charge is 0.479 e. The van der Waals surface area contributed by atoms with E-state index in [4.69, 9.17) is 9.84 Å². The van der Waals surface area contributed by atoms with Crippen molar-refractivity contribution in [3.05, 3.63) is 130 Å². The number of pyridine rings is 1. The van der Waals surface area contributed by atoms with Crippen LogP contribution in [-0.2, 0) is 11.2 Å². The van der Waals surface area contributed by atoms with Crippen LogP contribution >= 0.6 is 11.8 Å². The summed E-state index contributed by atoms with van der Waals surface area (Å²) in [6.45, 7) is 1.51. The van der Waals surface area contributed by atoms with E-state index in [1.54, 1.807) is 17.8 Å². The summed E-state index contributed by atoms with van der Waals surface area (Å²) in [5.41, 5.74) is 4.14. The Hall–Kier alpha value is -3.77. The first-order valence-corrected chi connectivity index (χ1v) is 12.9. The van der Waals surface area contributed by atoms with Crippen LogP contribution in [0.1, 0.15) is 41.5 Å². The molecule has 36 heavy (non-hydrogen) atoms. The summed E-state index contributed by atoms with van der Waals surface area (Å²) in [6, 6.07) is 30.1. The molecule has 0 fully saturated rings. The lowest BCUT2D eigenvalue weighted by atomic mass is 9.85. The van der Waals surface area contributed by atoms with Crippen molar-refractivity contribution in [2.75, 3.05) is 5.75 Å². The van der Waals surface area contributed by atoms with Gasteiger partial charge < -0.3 is 14.8 Å². The Morgan fingerprint density at radius 1 is 0.917 bits per heavy atom. The maximum absolute atomic E-state index is 12.6. The minimum absolute atomic E-state index is 0.0355. The summed E-state index contributed by atoms with van der Waals surface area (Å²) in [5, 5.41) is 9.04. The second kappa shape index (κ2) is 12.3. The van der Waals surface area contributed by atoms with Gasteiger partial charge in [-0.3, -0.25) is 4.79 Å². The van der Waals surface area contributed by atoms with Crippen LogP contribution in [0.2, 0.25) is 0 Å². The van der Waals surface area contributed by atoms with Crippen LogP contribution in [-0.4, -0.2) is 27.9 Å². The van der Waals surface area contributed by atoms with Crippen LogP contribution < -0.4 is 10.3 Å². The number of aromatic nitrogens is 1. The highest BCUT2D eigenvalue weighted by Gasteiger charge is 2.18. The number of carbonyl (C=O) groups is 1. The molecule has 1 aromatic heterocycles. The van der Waals surface area contributed by atoms with Crippen molar-refractivity contribution in [3.63, 3.8) is 0 Å². The molecule has 0 amide bonds. The predicted octanol–water partition coefficient (Wildman–Crippen LogP) is 6.13. The molecule has 1 unspecified atom stereocenters. The van der Waals surface area contributed by atoms with Crippen molar-refractivity contribution in [3.8, 4) is 5.75 Å². The van der Waals surface area contributed by atoms with Gasteiger partial charge in [0.1, 0.15) is 5.75 Å². The molecule has 0 aliphatic carbocycles. The molecule has 6 heteroatoms. The maximum Gasteiger partial charge on any atom is 0.344 e. The Bertz CT molecular complexity index is 1300. The molecular formula is C30H29NO4S. The van der Waals surface area contributed by atoms with Gasteiger partial charge in [-0.1, -0.05) is 66.7 Å². The molecule has 1 heterocycles. The Morgan fingerprint density at radius 3 is 2.22 bits per heavy atom. The fraction of sp³-hybridized carbons (Fsp3) is 0.200. The van der Waals surface area contributed by atoms with E-state index in [9.17, 15) is 9.59 Å². The third kappa shape index (κ3) is 6.67. The number of aryl methyl sites for hydroxylation is 1. The molecule has 0 bridgehead atoms. The van der Waals surface area contributed by atoms with Crippen LogP contribution in [0.3, 0.4) is 0 Å². The summed E-state index contributed by atoms with van der Waals surface area (Å²) in [4.78, 5) is 27.6. The average Bonchev–Trinajstić information content (AvgIpc) is 2.90. The fourth-order valence-electron chi connectivity index (χ4n) is 4.12. The van der Waals surface area contributed by atoms with Crippen LogP contribution in [0.5, 0.6) is 5.75 Å². The third-order valence-electron chi connectivity index (χ3n) is 5.93. The lowest BCUT2D eigenvalue weighted by Crippen LogP contribution is -2.22. The molecule has 0 aliphatic heterocycles. The lowest BCUT2D eigenvalue weighted by Gasteiger charge is -2.19. The van der Waals surface area contributed by atoms with Crippen molar-refractivity contribution in [1.82, 2.24) is 4.98 Å². The molecule has 0 spiro atoms. The number of hydrogen-bond donors (Lipinski definition) is 2. The van der Waals surface area contributed by atoms with Crippen LogP contribution in [0.15, 0.2) is 107 Å². The number of thioether (sulfide) groups is 1. The van der Waals surface area contributed by atoms with E-state index in [0.29, 0.717) is 12.2 Å². The van der Waals surface area contributed by atoms with Gasteiger partial charge in [-0.05, 0) is 66.5 Å². The minimum atomic E-state index is -0.998. The number of hydrogen-bond acceptors (Lipinski definition) is 4. The van der Waals surface area contributed by atoms with Gasteiger partial charge in [0.05, 0.1) is 0 Å². The fourth-order valence-corrected chi connectivity index (χ4v) is 5.01. The number of nitrogens with one attached hydrogen (secondary N) is 1. The Morgan fingerprint density at radius 2 is 1.58 bits per heavy atom. The molecule has 0 saturated carbocycles. The van der Waals surface area contributed by atoms with Crippen LogP contribution in [0, 0.1) is 0 Å². The number of carboxylic acids is 1. The maximum atomic E-state index is 12.6. The predicted molar refractivity (Wildman–Crippen MR) is 144 cm³/mol. The van der Waals surface area contributed by atoms with Crippen molar-refractivity contribution < 1.29 is 14.6 Å². The first kappa shape index (κ1) is 25.3. The molecule has 4 aromatic rings. The molecule has 4 rings (SSSR count). The van der Waals surface area contributed by atoms with Gasteiger partial charge in [0.15, 0.2) is 6.10 Å². The number of benzene rings is 3. The smallest absolute Gasteiger partial charge is 0.344 e. The van der Waals surface area contributed by atoms with Gasteiger partial charge in [0.25, 0.3) is 5.56 Å². The van der Waals surface area contributed by atoms with E-state index >= 15 is 0 Å². The molecule has 0 aliphatic rings. The summed E-state index contributed by atoms with van der Waals surface area (Å²) in [5.74, 6) is 0.394. The number of aliphatic carboxylic acids is 1. The summed E-state index contributed by atoms with van der Waals surface area (Å²) in [7, 11) is 0. The minimum Gasteiger partial charge on any atom is -0.479 e. The van der Waals surface area contributed by atoms with Gasteiger partial charge in [-0.2, -0.15) is 0 Å². The molecule has 5 nitrogen and oxygen atoms in total. The number of carboxylic acid groups (broad SMARTS) is 1. The summed E-state index contributed by atoms with van der Waals surface area (Å²) in [6.07, 6.45) is 2.42. The van der Waals surface area contributed by atoms with E-state index < -0.39 is 12.1 Å². The Kier molecular flexibility index (Phi) is 8.63. The Balaban J connectivity index is 1.44. The number of rotatable bonds is 11. The lowest BCUT2D eigenvalue weighted by molar-refractivity contribution is -0.144. The topological polar surface area (TPSA) is 79.4 Å². The zero-order chi connectivity index (χ0) is 25.3. The second-order valence-electron chi connectivity index (χ2n) is 8.57. The van der Waals surface area contributed by atoms with Gasteiger partial charge in [0, 0.05) is 22.6 Å². The van der Waals surface area contributed by atoms with E-state index in [2.05, 4.69) is 29.2 Å². The molecular weight excluding hydrogens is 470 g/mol. The highest BCUT2D eigenvalue weighted by Crippen LogP contribution is 2.31. The standard InChI is InChI=1S/C30H29NO4S/c1-21(30(33)34)35-26-15-8-16-27(19-26)36-17-9-14-24-18-25(20-31-29(24)32)28(22-10-4-2-5-11-22)23-12-6-3-7-13-23/h2-8,10-13,15-16,18-21,28H,9,14,17H2,1H3,(H,31,32)(H,33,34). The van der Waals surface area contributed by atoms with E-state index in [0.717, 1.165) is 28.2 Å². The van der Waals surface area contributed by atoms with Crippen LogP contribution in [0.4, 0.5) is 0 Å². The van der Waals surface area contributed by atoms with Crippen LogP contribution in [0.25, 0.3) is 0 Å². The van der Waals surface area contributed by atoms with Gasteiger partial charge in [-0.15, -0.1) is 11.8 Å². The molecule has 0 saturated heterocycles. The summed E-state index contributed by atoms with van der Waals surface area (Å²) >= 11 is 1.66. The third-order valence-corrected chi connectivity index (χ3v) is 7.01. The van der Waals surface area contributed by atoms with Crippen molar-refractivity contribution in [2.45, 2.75) is 36.7 Å². The monoisotopic (exact) mass is 499 g/mol. The molecule has 0 radical (unpaired) electrons. The number of aromatic amines is 1. The molecule has 1 atom stereocenters. The average molecular weight is 500 g/mol. The molecule has 184 valence electrons. The first-order chi connectivity index (χ1) is 17.5. The normalized spacial score (nSPS) is 11.8. The summed E-state index contributed by atoms with van der Waals surface area (Å²) < 4.78 is 5.46. The SMILES string of the molecule is CC(Oc1cccc(SCCCc2cc(C(c3ccccc3)c3ccccc3)c[nH]c2=O)c1)C(=O)O. The first-order valence-electron chi connectivity index (χ1n) is 11.9. The van der Waals surface area contributed by atoms with Crippen molar-refractivity contribution in [2.24, 2.45) is 0 Å². The van der Waals surface area contributed by atoms with Crippen molar-refractivity contribution >= 4 is 17.7 Å². The highest BCUT2D eigenvalue weighted by atomic mass is 32.2. The molecule has 3 aromatic carbocycles. The number of ether oxygens (including phenoxy) is 1. The quantitative estimate of drug-likeness (QED) is 0.192. The van der Waals surface area contributed by atoms with Crippen molar-refractivity contribution in [1.29, 1.82) is 0 Å². The van der Waals surface area contributed by atoms with E-state index in [-0.39, 0.29) is 11.5 Å². The highest BCUT2D eigenvalue weighted by molar-refractivity contribution is 7.99. The van der Waals surface area contributed by atoms with Gasteiger partial charge >= 0.3 is 5.97 Å². The number of H-pyrrole nitrogens is 1. The zero-order valence-electron chi connectivity index (χ0n) is 20.1. The zero-order valence-corrected chi connectivity index (χ0v) is 20.9. The Labute approximate surface area is 215 Å².